The number of nitriles is 1. The fourth-order valence-electron chi connectivity index (χ4n) is 3.05. The third-order valence-corrected chi connectivity index (χ3v) is 5.52. The summed E-state index contributed by atoms with van der Waals surface area (Å²) in [6.07, 6.45) is 3.10. The van der Waals surface area contributed by atoms with Crippen LogP contribution >= 0.6 is 11.8 Å². The van der Waals surface area contributed by atoms with Gasteiger partial charge >= 0.3 is 0 Å². The Kier molecular flexibility index (Phi) is 8.48. The van der Waals surface area contributed by atoms with Crippen LogP contribution in [0.2, 0.25) is 0 Å². The Morgan fingerprint density at radius 3 is 2.71 bits per heavy atom. The Bertz CT molecular complexity index is 826. The number of quaternary nitrogens is 1. The molecule has 28 heavy (non-hydrogen) atoms. The van der Waals surface area contributed by atoms with E-state index in [4.69, 9.17) is 5.26 Å². The summed E-state index contributed by atoms with van der Waals surface area (Å²) in [6.45, 7) is 5.17. The number of nitrogens with one attached hydrogen (secondary N) is 2. The van der Waals surface area contributed by atoms with Crippen LogP contribution in [0.15, 0.2) is 29.4 Å². The highest BCUT2D eigenvalue weighted by molar-refractivity contribution is 7.99. The van der Waals surface area contributed by atoms with Gasteiger partial charge in [-0.1, -0.05) is 44.2 Å². The SMILES string of the molecule is CCCCn1c(SCC(=O)Nc2ccccc2C#N)nnc1[C@H](CC)[NH+](C)C. The van der Waals surface area contributed by atoms with E-state index in [1.165, 1.54) is 16.7 Å². The summed E-state index contributed by atoms with van der Waals surface area (Å²) in [5.74, 6) is 1.04. The van der Waals surface area contributed by atoms with Crippen molar-refractivity contribution in [3.63, 3.8) is 0 Å². The first kappa shape index (κ1) is 21.9. The molecule has 150 valence electrons. The monoisotopic (exact) mass is 401 g/mol. The molecule has 0 radical (unpaired) electrons. The number of hydrogen-bond acceptors (Lipinski definition) is 5. The molecule has 1 aromatic carbocycles. The zero-order valence-electron chi connectivity index (χ0n) is 17.0. The molecule has 0 aliphatic heterocycles. The standard InChI is InChI=1S/C20H28N6OS/c1-5-7-12-26-19(17(6-2)25(3)4)23-24-20(26)28-14-18(27)22-16-11-9-8-10-15(16)13-21/h8-11,17H,5-7,12,14H2,1-4H3,(H,22,27)/p+1/t17-/m0/s1. The maximum Gasteiger partial charge on any atom is 0.234 e. The second-order valence-corrected chi connectivity index (χ2v) is 7.82. The topological polar surface area (TPSA) is 88.0 Å². The maximum absolute atomic E-state index is 12.4. The first-order chi connectivity index (χ1) is 13.5. The van der Waals surface area contributed by atoms with Crippen LogP contribution in [0.3, 0.4) is 0 Å². The van der Waals surface area contributed by atoms with Crippen molar-refractivity contribution in [1.29, 1.82) is 5.26 Å². The molecule has 0 saturated heterocycles. The Balaban J connectivity index is 2.11. The molecular formula is C20H29N6OS+. The highest BCUT2D eigenvalue weighted by Crippen LogP contribution is 2.22. The van der Waals surface area contributed by atoms with E-state index in [0.717, 1.165) is 36.8 Å². The zero-order valence-corrected chi connectivity index (χ0v) is 17.8. The fraction of sp³-hybridized carbons (Fsp3) is 0.500. The van der Waals surface area contributed by atoms with Crippen LogP contribution in [0.4, 0.5) is 5.69 Å². The van der Waals surface area contributed by atoms with Crippen LogP contribution in [0.5, 0.6) is 0 Å². The molecule has 1 aromatic heterocycles. The van der Waals surface area contributed by atoms with E-state index in [-0.39, 0.29) is 17.7 Å². The number of benzene rings is 1. The maximum atomic E-state index is 12.4. The lowest BCUT2D eigenvalue weighted by molar-refractivity contribution is -0.893. The van der Waals surface area contributed by atoms with Crippen LogP contribution in [0.25, 0.3) is 0 Å². The minimum Gasteiger partial charge on any atom is -0.331 e. The van der Waals surface area contributed by atoms with Crippen molar-refractivity contribution in [2.45, 2.75) is 50.9 Å². The van der Waals surface area contributed by atoms with Crippen molar-refractivity contribution in [1.82, 2.24) is 14.8 Å². The van der Waals surface area contributed by atoms with Gasteiger partial charge in [0.15, 0.2) is 11.0 Å². The Hall–Kier alpha value is -2.37. The molecule has 0 bridgehead atoms. The van der Waals surface area contributed by atoms with Gasteiger partial charge in [0.2, 0.25) is 5.91 Å². The number of carbonyl (C=O) groups excluding carboxylic acids is 1. The van der Waals surface area contributed by atoms with Crippen molar-refractivity contribution in [2.24, 2.45) is 0 Å². The highest BCUT2D eigenvalue weighted by Gasteiger charge is 2.25. The number of thioether (sulfide) groups is 1. The first-order valence-electron chi connectivity index (χ1n) is 9.66. The average Bonchev–Trinajstić information content (AvgIpc) is 3.08. The van der Waals surface area contributed by atoms with E-state index < -0.39 is 0 Å². The molecule has 1 heterocycles. The fourth-order valence-corrected chi connectivity index (χ4v) is 3.82. The van der Waals surface area contributed by atoms with Crippen molar-refractivity contribution >= 4 is 23.4 Å². The molecular weight excluding hydrogens is 372 g/mol. The van der Waals surface area contributed by atoms with Crippen LogP contribution < -0.4 is 10.2 Å². The number of para-hydroxylation sites is 1. The first-order valence-corrected chi connectivity index (χ1v) is 10.6. The number of rotatable bonds is 10. The van der Waals surface area contributed by atoms with Crippen molar-refractivity contribution in [3.05, 3.63) is 35.7 Å². The third-order valence-electron chi connectivity index (χ3n) is 4.55. The van der Waals surface area contributed by atoms with Crippen molar-refractivity contribution < 1.29 is 9.69 Å². The van der Waals surface area contributed by atoms with E-state index in [1.54, 1.807) is 24.3 Å². The summed E-state index contributed by atoms with van der Waals surface area (Å²) in [7, 11) is 4.25. The summed E-state index contributed by atoms with van der Waals surface area (Å²) < 4.78 is 2.16. The molecule has 0 unspecified atom stereocenters. The molecule has 2 N–H and O–H groups in total. The van der Waals surface area contributed by atoms with Crippen LogP contribution in [0.1, 0.15) is 50.5 Å². The molecule has 0 aliphatic carbocycles. The van der Waals surface area contributed by atoms with Gasteiger partial charge in [0.05, 0.1) is 31.1 Å². The molecule has 1 atom stereocenters. The van der Waals surface area contributed by atoms with Gasteiger partial charge in [0, 0.05) is 13.0 Å². The van der Waals surface area contributed by atoms with E-state index in [0.29, 0.717) is 11.3 Å². The second kappa shape index (κ2) is 10.8. The van der Waals surface area contributed by atoms with Crippen LogP contribution in [-0.2, 0) is 11.3 Å². The van der Waals surface area contributed by atoms with Crippen molar-refractivity contribution in [2.75, 3.05) is 25.2 Å². The lowest BCUT2D eigenvalue weighted by Crippen LogP contribution is -3.06. The average molecular weight is 402 g/mol. The van der Waals surface area contributed by atoms with Gasteiger partial charge in [-0.2, -0.15) is 5.26 Å². The van der Waals surface area contributed by atoms with E-state index in [2.05, 4.69) is 54.1 Å². The number of nitrogens with zero attached hydrogens (tertiary/aromatic N) is 4. The summed E-state index contributed by atoms with van der Waals surface area (Å²) in [5.41, 5.74) is 0.986. The van der Waals surface area contributed by atoms with Gasteiger partial charge < -0.3 is 14.8 Å². The normalized spacial score (nSPS) is 12.0. The number of amides is 1. The highest BCUT2D eigenvalue weighted by atomic mass is 32.2. The summed E-state index contributed by atoms with van der Waals surface area (Å²) in [6, 6.07) is 9.35. The van der Waals surface area contributed by atoms with Gasteiger partial charge in [0.25, 0.3) is 0 Å². The Labute approximate surface area is 171 Å². The van der Waals surface area contributed by atoms with Gasteiger partial charge in [-0.15, -0.1) is 10.2 Å². The molecule has 8 heteroatoms. The van der Waals surface area contributed by atoms with Gasteiger partial charge in [-0.25, -0.2) is 0 Å². The molecule has 0 spiro atoms. The quantitative estimate of drug-likeness (QED) is 0.596. The molecule has 0 saturated carbocycles. The van der Waals surface area contributed by atoms with Gasteiger partial charge in [-0.05, 0) is 18.6 Å². The van der Waals surface area contributed by atoms with Gasteiger partial charge in [0.1, 0.15) is 12.1 Å². The van der Waals surface area contributed by atoms with Crippen LogP contribution in [0, 0.1) is 11.3 Å². The smallest absolute Gasteiger partial charge is 0.234 e. The lowest BCUT2D eigenvalue weighted by Gasteiger charge is -2.20. The van der Waals surface area contributed by atoms with E-state index in [9.17, 15) is 4.79 Å². The minimum atomic E-state index is -0.162. The molecule has 1 amide bonds. The molecule has 7 nitrogen and oxygen atoms in total. The molecule has 0 aliphatic rings. The summed E-state index contributed by atoms with van der Waals surface area (Å²) >= 11 is 1.38. The number of unbranched alkanes of at least 4 members (excludes halogenated alkanes) is 1. The third kappa shape index (κ3) is 5.57. The predicted octanol–water partition coefficient (Wildman–Crippen LogP) is 2.28. The number of anilines is 1. The lowest BCUT2D eigenvalue weighted by atomic mass is 10.2. The predicted molar refractivity (Wildman–Crippen MR) is 111 cm³/mol. The van der Waals surface area contributed by atoms with Crippen LogP contribution in [-0.4, -0.2) is 40.5 Å². The molecule has 0 fully saturated rings. The summed E-state index contributed by atoms with van der Waals surface area (Å²) in [5, 5.41) is 21.5. The largest absolute Gasteiger partial charge is 0.331 e. The van der Waals surface area contributed by atoms with Crippen molar-refractivity contribution in [3.8, 4) is 6.07 Å². The Morgan fingerprint density at radius 2 is 2.07 bits per heavy atom. The second-order valence-electron chi connectivity index (χ2n) is 6.88. The summed E-state index contributed by atoms with van der Waals surface area (Å²) in [4.78, 5) is 13.7. The number of carbonyl (C=O) groups is 1. The number of aromatic nitrogens is 3. The minimum absolute atomic E-state index is 0.162. The zero-order chi connectivity index (χ0) is 20.5. The molecule has 2 aromatic rings. The Morgan fingerprint density at radius 1 is 1.32 bits per heavy atom. The van der Waals surface area contributed by atoms with E-state index in [1.807, 2.05) is 0 Å². The number of hydrogen-bond donors (Lipinski definition) is 2. The van der Waals surface area contributed by atoms with E-state index >= 15 is 0 Å². The van der Waals surface area contributed by atoms with Gasteiger partial charge in [-0.3, -0.25) is 4.79 Å². The molecule has 2 rings (SSSR count).